The lowest BCUT2D eigenvalue weighted by atomic mass is 10.1. The number of nitrogens with zero attached hydrogens (tertiary/aromatic N) is 2. The molecule has 0 aliphatic heterocycles. The monoisotopic (exact) mass is 266 g/mol. The van der Waals surface area contributed by atoms with Crippen molar-refractivity contribution in [1.29, 1.82) is 0 Å². The highest BCUT2D eigenvalue weighted by atomic mass is 16.4. The van der Waals surface area contributed by atoms with Crippen LogP contribution in [0.15, 0.2) is 6.07 Å². The number of carbonyl (C=O) groups is 2. The SMILES string of the molecule is Cc1cc(NC(=O)N[C@H]2CC[C@@H](C(=O)O)C2)nn1C. The molecule has 0 saturated heterocycles. The van der Waals surface area contributed by atoms with Gasteiger partial charge in [0.25, 0.3) is 0 Å². The second-order valence-electron chi connectivity index (χ2n) is 4.94. The van der Waals surface area contributed by atoms with E-state index in [9.17, 15) is 9.59 Å². The maximum atomic E-state index is 11.7. The standard InChI is InChI=1S/C12H18N4O3/c1-7-5-10(15-16(7)2)14-12(19)13-9-4-3-8(6-9)11(17)18/h5,8-9H,3-4,6H2,1-2H3,(H,17,18)(H2,13,14,15,19)/t8-,9+/m1/s1. The van der Waals surface area contributed by atoms with Crippen molar-refractivity contribution in [1.82, 2.24) is 15.1 Å². The lowest BCUT2D eigenvalue weighted by Gasteiger charge is -2.12. The van der Waals surface area contributed by atoms with Crippen molar-refractivity contribution in [3.8, 4) is 0 Å². The molecule has 1 saturated carbocycles. The van der Waals surface area contributed by atoms with Crippen LogP contribution in [0.1, 0.15) is 25.0 Å². The minimum absolute atomic E-state index is 0.0779. The second kappa shape index (κ2) is 5.29. The Morgan fingerprint density at radius 1 is 1.47 bits per heavy atom. The Hall–Kier alpha value is -2.05. The first kappa shape index (κ1) is 13.4. The summed E-state index contributed by atoms with van der Waals surface area (Å²) in [6.45, 7) is 1.89. The summed E-state index contributed by atoms with van der Waals surface area (Å²) in [5.74, 6) is -0.641. The third-order valence-corrected chi connectivity index (χ3v) is 3.47. The largest absolute Gasteiger partial charge is 0.481 e. The van der Waals surface area contributed by atoms with Crippen molar-refractivity contribution in [2.24, 2.45) is 13.0 Å². The van der Waals surface area contributed by atoms with Gasteiger partial charge in [0.15, 0.2) is 5.82 Å². The smallest absolute Gasteiger partial charge is 0.320 e. The van der Waals surface area contributed by atoms with E-state index in [1.807, 2.05) is 6.92 Å². The van der Waals surface area contributed by atoms with Gasteiger partial charge in [-0.2, -0.15) is 5.10 Å². The molecule has 1 fully saturated rings. The summed E-state index contributed by atoms with van der Waals surface area (Å²) in [4.78, 5) is 22.6. The highest BCUT2D eigenvalue weighted by molar-refractivity contribution is 5.88. The van der Waals surface area contributed by atoms with Crippen LogP contribution >= 0.6 is 0 Å². The van der Waals surface area contributed by atoms with Crippen LogP contribution in [-0.4, -0.2) is 32.9 Å². The molecule has 2 rings (SSSR count). The molecule has 1 aromatic rings. The molecule has 19 heavy (non-hydrogen) atoms. The summed E-state index contributed by atoms with van der Waals surface area (Å²) >= 11 is 0. The van der Waals surface area contributed by atoms with Gasteiger partial charge in [0.1, 0.15) is 0 Å². The molecular formula is C12H18N4O3. The zero-order valence-electron chi connectivity index (χ0n) is 11.0. The topological polar surface area (TPSA) is 96.2 Å². The predicted octanol–water partition coefficient (Wildman–Crippen LogP) is 1.10. The highest BCUT2D eigenvalue weighted by Gasteiger charge is 2.30. The number of aromatic nitrogens is 2. The fraction of sp³-hybridized carbons (Fsp3) is 0.583. The van der Waals surface area contributed by atoms with Crippen LogP contribution in [0, 0.1) is 12.8 Å². The molecule has 1 aliphatic carbocycles. The molecule has 2 amide bonds. The van der Waals surface area contributed by atoms with Crippen LogP contribution < -0.4 is 10.6 Å². The molecule has 0 spiro atoms. The summed E-state index contributed by atoms with van der Waals surface area (Å²) in [7, 11) is 1.80. The van der Waals surface area contributed by atoms with Crippen molar-refractivity contribution in [2.45, 2.75) is 32.2 Å². The van der Waals surface area contributed by atoms with Gasteiger partial charge in [-0.1, -0.05) is 0 Å². The Morgan fingerprint density at radius 2 is 2.21 bits per heavy atom. The Balaban J connectivity index is 1.84. The fourth-order valence-electron chi connectivity index (χ4n) is 2.30. The van der Waals surface area contributed by atoms with Gasteiger partial charge in [-0.15, -0.1) is 0 Å². The molecule has 0 aromatic carbocycles. The summed E-state index contributed by atoms with van der Waals surface area (Å²) < 4.78 is 1.67. The number of carboxylic acids is 1. The molecule has 0 unspecified atom stereocenters. The average Bonchev–Trinajstić information content (AvgIpc) is 2.87. The van der Waals surface area contributed by atoms with E-state index in [1.165, 1.54) is 0 Å². The number of aryl methyl sites for hydroxylation is 2. The number of carbonyl (C=O) groups excluding carboxylic acids is 1. The van der Waals surface area contributed by atoms with Gasteiger partial charge < -0.3 is 10.4 Å². The molecule has 104 valence electrons. The summed E-state index contributed by atoms with van der Waals surface area (Å²) in [6.07, 6.45) is 1.80. The van der Waals surface area contributed by atoms with E-state index >= 15 is 0 Å². The van der Waals surface area contributed by atoms with Crippen LogP contribution in [0.2, 0.25) is 0 Å². The van der Waals surface area contributed by atoms with Crippen LogP contribution in [-0.2, 0) is 11.8 Å². The quantitative estimate of drug-likeness (QED) is 0.763. The lowest BCUT2D eigenvalue weighted by Crippen LogP contribution is -2.36. The van der Waals surface area contributed by atoms with Gasteiger partial charge in [0.05, 0.1) is 5.92 Å². The lowest BCUT2D eigenvalue weighted by molar-refractivity contribution is -0.141. The van der Waals surface area contributed by atoms with Gasteiger partial charge in [-0.25, -0.2) is 4.79 Å². The van der Waals surface area contributed by atoms with Crippen molar-refractivity contribution < 1.29 is 14.7 Å². The molecule has 0 bridgehead atoms. The number of nitrogens with one attached hydrogen (secondary N) is 2. The van der Waals surface area contributed by atoms with Gasteiger partial charge >= 0.3 is 12.0 Å². The van der Waals surface area contributed by atoms with Crippen molar-refractivity contribution >= 4 is 17.8 Å². The van der Waals surface area contributed by atoms with Crippen molar-refractivity contribution in [3.05, 3.63) is 11.8 Å². The summed E-state index contributed by atoms with van der Waals surface area (Å²) in [5, 5.41) is 18.4. The number of anilines is 1. The predicted molar refractivity (Wildman–Crippen MR) is 68.9 cm³/mol. The third-order valence-electron chi connectivity index (χ3n) is 3.47. The van der Waals surface area contributed by atoms with E-state index < -0.39 is 5.97 Å². The Labute approximate surface area is 111 Å². The van der Waals surface area contributed by atoms with Gasteiger partial charge in [0, 0.05) is 24.8 Å². The van der Waals surface area contributed by atoms with E-state index in [-0.39, 0.29) is 18.0 Å². The number of hydrogen-bond donors (Lipinski definition) is 3. The van der Waals surface area contributed by atoms with Crippen LogP contribution in [0.25, 0.3) is 0 Å². The Kier molecular flexibility index (Phi) is 3.73. The molecule has 7 heteroatoms. The molecule has 2 atom stereocenters. The van der Waals surface area contributed by atoms with E-state index in [0.717, 1.165) is 5.69 Å². The Bertz CT molecular complexity index is 478. The zero-order valence-corrected chi connectivity index (χ0v) is 11.0. The highest BCUT2D eigenvalue weighted by Crippen LogP contribution is 2.25. The summed E-state index contributed by atoms with van der Waals surface area (Å²) in [6, 6.07) is 1.36. The van der Waals surface area contributed by atoms with E-state index in [0.29, 0.717) is 25.1 Å². The fourth-order valence-corrected chi connectivity index (χ4v) is 2.30. The molecule has 1 aliphatic rings. The molecule has 1 heterocycles. The van der Waals surface area contributed by atoms with Gasteiger partial charge in [0.2, 0.25) is 0 Å². The average molecular weight is 266 g/mol. The van der Waals surface area contributed by atoms with Crippen LogP contribution in [0.5, 0.6) is 0 Å². The van der Waals surface area contributed by atoms with E-state index in [4.69, 9.17) is 5.11 Å². The minimum atomic E-state index is -0.787. The molecule has 0 radical (unpaired) electrons. The number of rotatable bonds is 3. The minimum Gasteiger partial charge on any atom is -0.481 e. The number of amides is 2. The maximum Gasteiger partial charge on any atom is 0.320 e. The molecular weight excluding hydrogens is 248 g/mol. The zero-order chi connectivity index (χ0) is 14.0. The first-order valence-corrected chi connectivity index (χ1v) is 6.26. The van der Waals surface area contributed by atoms with E-state index in [1.54, 1.807) is 17.8 Å². The van der Waals surface area contributed by atoms with Crippen LogP contribution in [0.4, 0.5) is 10.6 Å². The first-order valence-electron chi connectivity index (χ1n) is 6.26. The van der Waals surface area contributed by atoms with Crippen molar-refractivity contribution in [2.75, 3.05) is 5.32 Å². The van der Waals surface area contributed by atoms with Crippen LogP contribution in [0.3, 0.4) is 0 Å². The molecule has 1 aromatic heterocycles. The Morgan fingerprint density at radius 3 is 2.74 bits per heavy atom. The van der Waals surface area contributed by atoms with Crippen molar-refractivity contribution in [3.63, 3.8) is 0 Å². The first-order chi connectivity index (χ1) is 8.95. The number of carboxylic acid groups (broad SMARTS) is 1. The number of aliphatic carboxylic acids is 1. The summed E-state index contributed by atoms with van der Waals surface area (Å²) in [5.41, 5.74) is 0.946. The second-order valence-corrected chi connectivity index (χ2v) is 4.94. The van der Waals surface area contributed by atoms with E-state index in [2.05, 4.69) is 15.7 Å². The molecule has 7 nitrogen and oxygen atoms in total. The van der Waals surface area contributed by atoms with Gasteiger partial charge in [-0.3, -0.25) is 14.8 Å². The molecule has 3 N–H and O–H groups in total. The van der Waals surface area contributed by atoms with Gasteiger partial charge in [-0.05, 0) is 26.2 Å². The third kappa shape index (κ3) is 3.24. The normalized spacial score (nSPS) is 22.2. The maximum absolute atomic E-state index is 11.7. The number of urea groups is 1. The number of hydrogen-bond acceptors (Lipinski definition) is 3.